The second kappa shape index (κ2) is 5.49. The third kappa shape index (κ3) is 2.14. The first-order chi connectivity index (χ1) is 9.13. The number of hydrogen-bond donors (Lipinski definition) is 0. The molecule has 2 aromatic rings. The maximum atomic E-state index is 6.12. The van der Waals surface area contributed by atoms with E-state index in [0.29, 0.717) is 5.88 Å². The van der Waals surface area contributed by atoms with Crippen molar-refractivity contribution in [3.63, 3.8) is 0 Å². The Morgan fingerprint density at radius 1 is 1.21 bits per heavy atom. The van der Waals surface area contributed by atoms with Crippen LogP contribution in [-0.2, 0) is 11.4 Å². The van der Waals surface area contributed by atoms with Crippen molar-refractivity contribution >= 4 is 22.8 Å². The molecule has 0 aliphatic heterocycles. The molecule has 2 aromatic heterocycles. The van der Waals surface area contributed by atoms with E-state index < -0.39 is 0 Å². The van der Waals surface area contributed by atoms with Crippen molar-refractivity contribution in [3.8, 4) is 0 Å². The van der Waals surface area contributed by atoms with Gasteiger partial charge in [-0.1, -0.05) is 20.8 Å². The molecule has 0 unspecified atom stereocenters. The number of hydrogen-bond acceptors (Lipinski definition) is 2. The molecule has 0 radical (unpaired) electrons. The molecule has 0 N–H and O–H groups in total. The van der Waals surface area contributed by atoms with E-state index in [1.165, 1.54) is 0 Å². The van der Waals surface area contributed by atoms with Crippen molar-refractivity contribution in [2.24, 2.45) is 0 Å². The van der Waals surface area contributed by atoms with Gasteiger partial charge in [-0.3, -0.25) is 0 Å². The zero-order chi connectivity index (χ0) is 14.0. The molecule has 2 heterocycles. The third-order valence-corrected chi connectivity index (χ3v) is 4.62. The largest absolute Gasteiger partial charge is 0.305 e. The van der Waals surface area contributed by atoms with Crippen molar-refractivity contribution in [2.45, 2.75) is 58.4 Å². The van der Waals surface area contributed by atoms with Crippen LogP contribution >= 0.6 is 11.6 Å². The summed E-state index contributed by atoms with van der Waals surface area (Å²) in [6.45, 7) is 8.76. The SMILES string of the molecule is CCC(CC)(CC)n1c(CCl)nc2c(C)ccnc21. The highest BCUT2D eigenvalue weighted by molar-refractivity contribution is 6.16. The first-order valence-electron chi connectivity index (χ1n) is 7.02. The number of imidazole rings is 1. The normalized spacial score (nSPS) is 12.3. The van der Waals surface area contributed by atoms with Crippen LogP contribution in [0.1, 0.15) is 51.4 Å². The number of aromatic nitrogens is 3. The van der Waals surface area contributed by atoms with Crippen LogP contribution in [0, 0.1) is 6.92 Å². The van der Waals surface area contributed by atoms with Crippen molar-refractivity contribution in [1.82, 2.24) is 14.5 Å². The highest BCUT2D eigenvalue weighted by atomic mass is 35.5. The van der Waals surface area contributed by atoms with Crippen LogP contribution < -0.4 is 0 Å². The summed E-state index contributed by atoms with van der Waals surface area (Å²) in [4.78, 5) is 9.27. The molecule has 0 aromatic carbocycles. The van der Waals surface area contributed by atoms with Gasteiger partial charge in [0.1, 0.15) is 11.3 Å². The van der Waals surface area contributed by atoms with E-state index >= 15 is 0 Å². The predicted molar refractivity (Wildman–Crippen MR) is 80.7 cm³/mol. The fourth-order valence-corrected chi connectivity index (χ4v) is 3.13. The number of fused-ring (bicyclic) bond motifs is 1. The Hall–Kier alpha value is -1.09. The minimum absolute atomic E-state index is 0.0692. The molecular formula is C15H22ClN3. The lowest BCUT2D eigenvalue weighted by Gasteiger charge is -2.34. The summed E-state index contributed by atoms with van der Waals surface area (Å²) in [6.07, 6.45) is 5.04. The molecule has 0 atom stereocenters. The molecule has 19 heavy (non-hydrogen) atoms. The number of rotatable bonds is 5. The highest BCUT2D eigenvalue weighted by Gasteiger charge is 2.31. The Labute approximate surface area is 120 Å². The summed E-state index contributed by atoms with van der Waals surface area (Å²) in [5.41, 5.74) is 3.19. The molecule has 2 rings (SSSR count). The summed E-state index contributed by atoms with van der Waals surface area (Å²) >= 11 is 6.12. The smallest absolute Gasteiger partial charge is 0.160 e. The van der Waals surface area contributed by atoms with Gasteiger partial charge in [0.2, 0.25) is 0 Å². The lowest BCUT2D eigenvalue weighted by Crippen LogP contribution is -2.33. The molecular weight excluding hydrogens is 258 g/mol. The molecule has 4 heteroatoms. The van der Waals surface area contributed by atoms with Crippen LogP contribution in [0.4, 0.5) is 0 Å². The van der Waals surface area contributed by atoms with E-state index in [1.807, 2.05) is 12.3 Å². The van der Waals surface area contributed by atoms with Crippen LogP contribution in [0.3, 0.4) is 0 Å². The van der Waals surface area contributed by atoms with Crippen LogP contribution in [0.2, 0.25) is 0 Å². The second-order valence-electron chi connectivity index (χ2n) is 5.08. The molecule has 0 bridgehead atoms. The number of alkyl halides is 1. The summed E-state index contributed by atoms with van der Waals surface area (Å²) in [5, 5.41) is 0. The molecule has 0 amide bonds. The van der Waals surface area contributed by atoms with Gasteiger partial charge in [-0.25, -0.2) is 9.97 Å². The number of aryl methyl sites for hydroxylation is 1. The van der Waals surface area contributed by atoms with Crippen molar-refractivity contribution in [1.29, 1.82) is 0 Å². The quantitative estimate of drug-likeness (QED) is 0.759. The zero-order valence-electron chi connectivity index (χ0n) is 12.2. The first kappa shape index (κ1) is 14.3. The van der Waals surface area contributed by atoms with Gasteiger partial charge in [0.05, 0.1) is 5.88 Å². The Kier molecular flexibility index (Phi) is 4.14. The van der Waals surface area contributed by atoms with E-state index in [0.717, 1.165) is 41.8 Å². The predicted octanol–water partition coefficient (Wildman–Crippen LogP) is 4.40. The Balaban J connectivity index is 2.80. The molecule has 0 saturated carbocycles. The van der Waals surface area contributed by atoms with E-state index in [1.54, 1.807) is 0 Å². The van der Waals surface area contributed by atoms with Crippen molar-refractivity contribution in [2.75, 3.05) is 0 Å². The van der Waals surface area contributed by atoms with Gasteiger partial charge in [-0.2, -0.15) is 0 Å². The van der Waals surface area contributed by atoms with Gasteiger partial charge < -0.3 is 4.57 Å². The number of halogens is 1. The van der Waals surface area contributed by atoms with Gasteiger partial charge in [-0.15, -0.1) is 11.6 Å². The molecule has 0 spiro atoms. The van der Waals surface area contributed by atoms with E-state index in [4.69, 9.17) is 16.6 Å². The van der Waals surface area contributed by atoms with Crippen molar-refractivity contribution in [3.05, 3.63) is 23.7 Å². The van der Waals surface area contributed by atoms with Gasteiger partial charge in [0, 0.05) is 11.7 Å². The van der Waals surface area contributed by atoms with Crippen molar-refractivity contribution < 1.29 is 0 Å². The fourth-order valence-electron chi connectivity index (χ4n) is 2.95. The Morgan fingerprint density at radius 2 is 1.84 bits per heavy atom. The van der Waals surface area contributed by atoms with E-state index in [9.17, 15) is 0 Å². The Morgan fingerprint density at radius 3 is 2.37 bits per heavy atom. The van der Waals surface area contributed by atoms with Crippen LogP contribution in [-0.4, -0.2) is 14.5 Å². The standard InChI is InChI=1S/C15H22ClN3/c1-5-15(6-2,7-3)19-12(10-16)18-13-11(4)8-9-17-14(13)19/h8-9H,5-7,10H2,1-4H3. The minimum atomic E-state index is 0.0692. The molecule has 0 saturated heterocycles. The first-order valence-corrected chi connectivity index (χ1v) is 7.56. The van der Waals surface area contributed by atoms with E-state index in [2.05, 4.69) is 37.2 Å². The number of pyridine rings is 1. The molecule has 3 nitrogen and oxygen atoms in total. The molecule has 0 aliphatic carbocycles. The van der Waals surface area contributed by atoms with Crippen LogP contribution in [0.25, 0.3) is 11.2 Å². The molecule has 104 valence electrons. The average Bonchev–Trinajstić information content (AvgIpc) is 2.83. The molecule has 0 fully saturated rings. The monoisotopic (exact) mass is 279 g/mol. The average molecular weight is 280 g/mol. The number of nitrogens with zero attached hydrogens (tertiary/aromatic N) is 3. The molecule has 0 aliphatic rings. The lowest BCUT2D eigenvalue weighted by molar-refractivity contribution is 0.251. The third-order valence-electron chi connectivity index (χ3n) is 4.39. The summed E-state index contributed by atoms with van der Waals surface area (Å²) in [7, 11) is 0. The topological polar surface area (TPSA) is 30.7 Å². The van der Waals surface area contributed by atoms with Crippen LogP contribution in [0.15, 0.2) is 12.3 Å². The fraction of sp³-hybridized carbons (Fsp3) is 0.600. The maximum absolute atomic E-state index is 6.12. The van der Waals surface area contributed by atoms with Gasteiger partial charge >= 0.3 is 0 Å². The minimum Gasteiger partial charge on any atom is -0.305 e. The van der Waals surface area contributed by atoms with Gasteiger partial charge in [-0.05, 0) is 37.8 Å². The lowest BCUT2D eigenvalue weighted by atomic mass is 9.89. The second-order valence-corrected chi connectivity index (χ2v) is 5.35. The summed E-state index contributed by atoms with van der Waals surface area (Å²) < 4.78 is 2.28. The summed E-state index contributed by atoms with van der Waals surface area (Å²) in [5.74, 6) is 1.36. The highest BCUT2D eigenvalue weighted by Crippen LogP contribution is 2.34. The zero-order valence-corrected chi connectivity index (χ0v) is 13.0. The van der Waals surface area contributed by atoms with Crippen LogP contribution in [0.5, 0.6) is 0 Å². The van der Waals surface area contributed by atoms with Gasteiger partial charge in [0.15, 0.2) is 5.65 Å². The van der Waals surface area contributed by atoms with Gasteiger partial charge in [0.25, 0.3) is 0 Å². The maximum Gasteiger partial charge on any atom is 0.160 e. The Bertz CT molecular complexity index is 562. The van der Waals surface area contributed by atoms with E-state index in [-0.39, 0.29) is 5.54 Å². The summed E-state index contributed by atoms with van der Waals surface area (Å²) in [6, 6.07) is 2.00.